The van der Waals surface area contributed by atoms with Gasteiger partial charge in [0.1, 0.15) is 0 Å². The molecule has 2 unspecified atom stereocenters. The molecule has 0 fully saturated rings. The second-order valence-corrected chi connectivity index (χ2v) is 28.1. The Hall–Kier alpha value is -1.66. The summed E-state index contributed by atoms with van der Waals surface area (Å²) in [5.74, 6) is -0.0344. The van der Waals surface area contributed by atoms with E-state index in [1.54, 1.807) is 6.08 Å². The van der Waals surface area contributed by atoms with Crippen molar-refractivity contribution in [3.8, 4) is 0 Å². The molecule has 0 radical (unpaired) electrons. The average molecular weight is 1240 g/mol. The standard InChI is InChI=1S/C82H159NO5/c1-3-5-7-9-11-13-15-17-18-19-41-44-47-51-54-58-62-66-70-74-80(85)79(78-84)83-81(86)75-71-67-63-59-55-52-48-45-42-39-37-35-33-31-29-27-25-23-21-20-22-24-26-28-30-32-34-36-38-40-43-46-49-53-57-61-65-69-73-77-88-82(87)76-72-68-64-60-56-50-16-14-12-10-8-6-4-2/h20-21,70,74,79-80,84-85H,3-19,22-69,71-73,75-78H2,1-2H3,(H,83,86)/b21-20-,74-70+. The first-order chi connectivity index (χ1) is 43.5. The number of unbranched alkanes of at least 4 members (excludes halogenated alkanes) is 64. The van der Waals surface area contributed by atoms with E-state index in [1.165, 1.54) is 398 Å². The molecule has 0 aromatic heterocycles. The molecular weight excluding hydrogens is 1080 g/mol. The number of amides is 1. The fourth-order valence-electron chi connectivity index (χ4n) is 13.0. The molecule has 0 saturated carbocycles. The molecule has 0 aliphatic carbocycles. The van der Waals surface area contributed by atoms with Crippen LogP contribution < -0.4 is 5.32 Å². The number of carbonyl (C=O) groups is 2. The van der Waals surface area contributed by atoms with Crippen molar-refractivity contribution in [3.05, 3.63) is 24.3 Å². The minimum atomic E-state index is -0.842. The van der Waals surface area contributed by atoms with Crippen LogP contribution in [0.15, 0.2) is 24.3 Å². The number of esters is 1. The second-order valence-electron chi connectivity index (χ2n) is 28.1. The molecule has 0 spiro atoms. The van der Waals surface area contributed by atoms with Gasteiger partial charge in [-0.15, -0.1) is 0 Å². The number of ether oxygens (including phenoxy) is 1. The maximum atomic E-state index is 12.5. The zero-order chi connectivity index (χ0) is 63.5. The molecule has 0 heterocycles. The number of hydrogen-bond donors (Lipinski definition) is 3. The topological polar surface area (TPSA) is 95.9 Å². The molecule has 0 aromatic rings. The second kappa shape index (κ2) is 77.8. The van der Waals surface area contributed by atoms with Crippen molar-refractivity contribution in [2.45, 2.75) is 475 Å². The van der Waals surface area contributed by atoms with Gasteiger partial charge in [0.25, 0.3) is 0 Å². The highest BCUT2D eigenvalue weighted by Crippen LogP contribution is 2.20. The van der Waals surface area contributed by atoms with Crippen molar-refractivity contribution in [2.24, 2.45) is 0 Å². The van der Waals surface area contributed by atoms with Crippen LogP contribution in [0.4, 0.5) is 0 Å². The van der Waals surface area contributed by atoms with Crippen molar-refractivity contribution in [1.29, 1.82) is 0 Å². The predicted octanol–water partition coefficient (Wildman–Crippen LogP) is 26.8. The zero-order valence-electron chi connectivity index (χ0n) is 60.0. The van der Waals surface area contributed by atoms with Crippen LogP contribution in [0.1, 0.15) is 463 Å². The fraction of sp³-hybridized carbons (Fsp3) is 0.927. The van der Waals surface area contributed by atoms with Crippen molar-refractivity contribution in [1.82, 2.24) is 5.32 Å². The lowest BCUT2D eigenvalue weighted by Crippen LogP contribution is -2.45. The van der Waals surface area contributed by atoms with Gasteiger partial charge in [0.15, 0.2) is 0 Å². The Kier molecular flexibility index (Phi) is 76.3. The molecule has 88 heavy (non-hydrogen) atoms. The number of allylic oxidation sites excluding steroid dienone is 3. The molecule has 0 aliphatic rings. The van der Waals surface area contributed by atoms with Gasteiger partial charge < -0.3 is 20.3 Å². The monoisotopic (exact) mass is 1240 g/mol. The molecule has 0 aliphatic heterocycles. The van der Waals surface area contributed by atoms with Gasteiger partial charge >= 0.3 is 5.97 Å². The number of aliphatic hydroxyl groups is 2. The lowest BCUT2D eigenvalue weighted by atomic mass is 10.0. The third-order valence-corrected chi connectivity index (χ3v) is 19.2. The first-order valence-corrected chi connectivity index (χ1v) is 40.6. The lowest BCUT2D eigenvalue weighted by molar-refractivity contribution is -0.143. The third kappa shape index (κ3) is 73.4. The summed E-state index contributed by atoms with van der Waals surface area (Å²) in [5, 5.41) is 23.3. The Bertz CT molecular complexity index is 1380. The summed E-state index contributed by atoms with van der Waals surface area (Å²) in [6, 6.07) is -0.625. The largest absolute Gasteiger partial charge is 0.466 e. The molecule has 0 rings (SSSR count). The zero-order valence-corrected chi connectivity index (χ0v) is 60.0. The van der Waals surface area contributed by atoms with E-state index in [0.29, 0.717) is 19.4 Å². The van der Waals surface area contributed by atoms with Gasteiger partial charge in [0.2, 0.25) is 5.91 Å². The summed E-state index contributed by atoms with van der Waals surface area (Å²) in [5.41, 5.74) is 0. The van der Waals surface area contributed by atoms with Gasteiger partial charge in [-0.3, -0.25) is 9.59 Å². The number of carbonyl (C=O) groups excluding carboxylic acids is 2. The minimum absolute atomic E-state index is 0.0247. The number of rotatable bonds is 77. The smallest absolute Gasteiger partial charge is 0.305 e. The van der Waals surface area contributed by atoms with Crippen molar-refractivity contribution in [3.63, 3.8) is 0 Å². The Morgan fingerprint density at radius 3 is 0.807 bits per heavy atom. The summed E-state index contributed by atoms with van der Waals surface area (Å²) < 4.78 is 5.50. The Labute approximate surface area is 551 Å². The molecule has 3 N–H and O–H groups in total. The summed E-state index contributed by atoms with van der Waals surface area (Å²) in [6.07, 6.45) is 100. The first-order valence-electron chi connectivity index (χ1n) is 40.6. The number of nitrogens with one attached hydrogen (secondary N) is 1. The van der Waals surface area contributed by atoms with E-state index in [9.17, 15) is 19.8 Å². The average Bonchev–Trinajstić information content (AvgIpc) is 3.53. The van der Waals surface area contributed by atoms with Crippen LogP contribution in [-0.4, -0.2) is 47.4 Å². The normalized spacial score (nSPS) is 12.5. The third-order valence-electron chi connectivity index (χ3n) is 19.2. The molecular formula is C82H159NO5. The molecule has 1 amide bonds. The summed E-state index contributed by atoms with van der Waals surface area (Å²) in [7, 11) is 0. The number of aliphatic hydroxyl groups excluding tert-OH is 2. The fourth-order valence-corrected chi connectivity index (χ4v) is 13.0. The Morgan fingerprint density at radius 1 is 0.307 bits per heavy atom. The van der Waals surface area contributed by atoms with Crippen LogP contribution in [0.3, 0.4) is 0 Å². The van der Waals surface area contributed by atoms with Crippen LogP contribution in [0.5, 0.6) is 0 Å². The van der Waals surface area contributed by atoms with Gasteiger partial charge in [-0.25, -0.2) is 0 Å². The quantitative estimate of drug-likeness (QED) is 0.0320. The van der Waals surface area contributed by atoms with E-state index in [0.717, 1.165) is 38.5 Å². The highest BCUT2D eigenvalue weighted by Gasteiger charge is 2.18. The number of hydrogen-bond acceptors (Lipinski definition) is 5. The van der Waals surface area contributed by atoms with E-state index >= 15 is 0 Å². The van der Waals surface area contributed by atoms with Gasteiger partial charge in [-0.2, -0.15) is 0 Å². The molecule has 0 aromatic carbocycles. The van der Waals surface area contributed by atoms with Crippen LogP contribution >= 0.6 is 0 Å². The van der Waals surface area contributed by atoms with Gasteiger partial charge in [-0.1, -0.05) is 417 Å². The van der Waals surface area contributed by atoms with E-state index < -0.39 is 12.1 Å². The van der Waals surface area contributed by atoms with Crippen molar-refractivity contribution < 1.29 is 24.5 Å². The minimum Gasteiger partial charge on any atom is -0.466 e. The molecule has 6 nitrogen and oxygen atoms in total. The van der Waals surface area contributed by atoms with Gasteiger partial charge in [0.05, 0.1) is 25.4 Å². The molecule has 0 bridgehead atoms. The molecule has 2 atom stereocenters. The Morgan fingerprint density at radius 2 is 0.534 bits per heavy atom. The van der Waals surface area contributed by atoms with Gasteiger partial charge in [-0.05, 0) is 57.8 Å². The lowest BCUT2D eigenvalue weighted by Gasteiger charge is -2.20. The van der Waals surface area contributed by atoms with E-state index in [1.807, 2.05) is 6.08 Å². The van der Waals surface area contributed by atoms with Crippen LogP contribution in [0.2, 0.25) is 0 Å². The van der Waals surface area contributed by atoms with E-state index in [2.05, 4.69) is 31.3 Å². The summed E-state index contributed by atoms with van der Waals surface area (Å²) in [6.45, 7) is 4.96. The van der Waals surface area contributed by atoms with Crippen molar-refractivity contribution >= 4 is 11.9 Å². The highest BCUT2D eigenvalue weighted by molar-refractivity contribution is 5.76. The van der Waals surface area contributed by atoms with Crippen LogP contribution in [-0.2, 0) is 14.3 Å². The van der Waals surface area contributed by atoms with E-state index in [4.69, 9.17) is 4.74 Å². The van der Waals surface area contributed by atoms with Gasteiger partial charge in [0, 0.05) is 12.8 Å². The maximum Gasteiger partial charge on any atom is 0.305 e. The van der Waals surface area contributed by atoms with Crippen LogP contribution in [0.25, 0.3) is 0 Å². The predicted molar refractivity (Wildman–Crippen MR) is 389 cm³/mol. The molecule has 6 heteroatoms. The summed E-state index contributed by atoms with van der Waals surface area (Å²) in [4.78, 5) is 24.6. The highest BCUT2D eigenvalue weighted by atomic mass is 16.5. The van der Waals surface area contributed by atoms with E-state index in [-0.39, 0.29) is 18.5 Å². The first kappa shape index (κ1) is 86.3. The van der Waals surface area contributed by atoms with Crippen LogP contribution in [0, 0.1) is 0 Å². The summed E-state index contributed by atoms with van der Waals surface area (Å²) >= 11 is 0. The molecule has 0 saturated heterocycles. The Balaban J connectivity index is 3.34. The maximum absolute atomic E-state index is 12.5. The van der Waals surface area contributed by atoms with Crippen molar-refractivity contribution in [2.75, 3.05) is 13.2 Å². The molecule has 522 valence electrons. The SMILES string of the molecule is CCCCCCCCCCCCCCCCCCC/C=C/C(O)C(CO)NC(=O)CCCCCCCCCCCCCCCCCCC/C=C\CCCCCCCCCCCCCCCCCCCCOC(=O)CCCCCCCCCCCCCCC.